The zero-order valence-electron chi connectivity index (χ0n) is 14.1. The van der Waals surface area contributed by atoms with Crippen molar-refractivity contribution in [1.29, 1.82) is 0 Å². The summed E-state index contributed by atoms with van der Waals surface area (Å²) in [5, 5.41) is 2.93. The summed E-state index contributed by atoms with van der Waals surface area (Å²) < 4.78 is 10.0. The molecule has 134 valence electrons. The molecule has 0 bridgehead atoms. The first-order valence-corrected chi connectivity index (χ1v) is 10.7. The third kappa shape index (κ3) is 8.45. The number of hydrogen-bond donors (Lipinski definition) is 1. The Bertz CT molecular complexity index is 559. The molecule has 0 aliphatic heterocycles. The molecule has 0 saturated heterocycles. The lowest BCUT2D eigenvalue weighted by Crippen LogP contribution is -2.25. The fraction of sp³-hybridized carbons (Fsp3) is 0.500. The van der Waals surface area contributed by atoms with Gasteiger partial charge in [-0.1, -0.05) is 24.8 Å². The van der Waals surface area contributed by atoms with E-state index in [0.29, 0.717) is 30.9 Å². The van der Waals surface area contributed by atoms with Crippen LogP contribution in [-0.2, 0) is 26.0 Å². The molecule has 24 heavy (non-hydrogen) atoms. The van der Waals surface area contributed by atoms with Crippen LogP contribution in [0.5, 0.6) is 0 Å². The topological polar surface area (TPSA) is 64.6 Å². The number of carbonyl (C=O) groups is 2. The minimum Gasteiger partial charge on any atom is -0.352 e. The highest BCUT2D eigenvalue weighted by molar-refractivity contribution is 8.12. The molecule has 8 heteroatoms. The second-order valence-electron chi connectivity index (χ2n) is 5.01. The van der Waals surface area contributed by atoms with Crippen LogP contribution in [0.15, 0.2) is 18.2 Å². The number of aryl methyl sites for hydroxylation is 1. The maximum Gasteiger partial charge on any atom is 0.276 e. The molecule has 1 aromatic carbocycles. The molecule has 0 spiro atoms. The van der Waals surface area contributed by atoms with Gasteiger partial charge in [0.05, 0.1) is 6.61 Å². The molecule has 1 unspecified atom stereocenters. The van der Waals surface area contributed by atoms with E-state index < -0.39 is 7.73 Å². The van der Waals surface area contributed by atoms with Gasteiger partial charge in [-0.2, -0.15) is 0 Å². The summed E-state index contributed by atoms with van der Waals surface area (Å²) in [4.78, 5) is 23.4. The van der Waals surface area contributed by atoms with E-state index >= 15 is 0 Å². The predicted octanol–water partition coefficient (Wildman–Crippen LogP) is 4.28. The Balaban J connectivity index is 2.55. The number of amides is 1. The van der Waals surface area contributed by atoms with Crippen LogP contribution in [0.1, 0.15) is 41.8 Å². The second-order valence-corrected chi connectivity index (χ2v) is 8.04. The van der Waals surface area contributed by atoms with Crippen molar-refractivity contribution in [3.05, 3.63) is 34.9 Å². The van der Waals surface area contributed by atoms with Crippen molar-refractivity contribution in [3.8, 4) is 0 Å². The van der Waals surface area contributed by atoms with E-state index in [2.05, 4.69) is 5.32 Å². The molecular weight excluding hydrogens is 369 g/mol. The fourth-order valence-electron chi connectivity index (χ4n) is 1.93. The Morgan fingerprint density at radius 2 is 2.00 bits per heavy atom. The summed E-state index contributed by atoms with van der Waals surface area (Å²) in [6.07, 6.45) is 1.49. The Kier molecular flexibility index (Phi) is 10.5. The van der Waals surface area contributed by atoms with Crippen LogP contribution in [0.25, 0.3) is 0 Å². The van der Waals surface area contributed by atoms with Crippen LogP contribution in [0.2, 0.25) is 0 Å². The molecule has 1 aromatic rings. The number of benzene rings is 1. The summed E-state index contributed by atoms with van der Waals surface area (Å²) in [5.74, 6) is 0.451. The molecule has 0 fully saturated rings. The number of carbonyl (C=O) groups excluding carboxylic acids is 2. The highest BCUT2D eigenvalue weighted by Crippen LogP contribution is 2.42. The lowest BCUT2D eigenvalue weighted by Gasteiger charge is -2.10. The third-order valence-electron chi connectivity index (χ3n) is 3.11. The minimum absolute atomic E-state index is 0.0678. The van der Waals surface area contributed by atoms with Crippen LogP contribution in [0, 0.1) is 0 Å². The SMILES string of the molecule is CCc1cc(CSC(C)=O)cc(C(=O)NCCCOP(Cl)OC)c1. The number of halogens is 1. The quantitative estimate of drug-likeness (QED) is 0.476. The fourth-order valence-corrected chi connectivity index (χ4v) is 3.05. The first-order valence-electron chi connectivity index (χ1n) is 7.63. The average Bonchev–Trinajstić information content (AvgIpc) is 2.58. The molecule has 0 radical (unpaired) electrons. The van der Waals surface area contributed by atoms with E-state index in [-0.39, 0.29) is 11.0 Å². The van der Waals surface area contributed by atoms with Crippen molar-refractivity contribution >= 4 is 41.8 Å². The molecule has 0 aliphatic carbocycles. The van der Waals surface area contributed by atoms with Gasteiger partial charge in [-0.05, 0) is 47.3 Å². The van der Waals surface area contributed by atoms with Gasteiger partial charge < -0.3 is 14.4 Å². The summed E-state index contributed by atoms with van der Waals surface area (Å²) in [5.41, 5.74) is 2.68. The Labute approximate surface area is 153 Å². The number of nitrogens with one attached hydrogen (secondary N) is 1. The van der Waals surface area contributed by atoms with Gasteiger partial charge >= 0.3 is 0 Å². The van der Waals surface area contributed by atoms with Crippen molar-refractivity contribution in [2.24, 2.45) is 0 Å². The Morgan fingerprint density at radius 1 is 1.29 bits per heavy atom. The molecule has 1 atom stereocenters. The molecular formula is C16H23ClNO4PS. The summed E-state index contributed by atoms with van der Waals surface area (Å²) in [7, 11) is 0.144. The van der Waals surface area contributed by atoms with Gasteiger partial charge in [0.1, 0.15) is 0 Å². The molecule has 1 rings (SSSR count). The maximum absolute atomic E-state index is 12.3. The van der Waals surface area contributed by atoms with E-state index in [1.807, 2.05) is 25.1 Å². The second kappa shape index (κ2) is 11.8. The molecule has 0 aliphatic rings. The van der Waals surface area contributed by atoms with Crippen LogP contribution in [-0.4, -0.2) is 31.3 Å². The summed E-state index contributed by atoms with van der Waals surface area (Å²) >= 11 is 6.96. The minimum atomic E-state index is -1.35. The van der Waals surface area contributed by atoms with E-state index in [4.69, 9.17) is 20.3 Å². The molecule has 1 amide bonds. The highest BCUT2D eigenvalue weighted by atomic mass is 35.7. The predicted molar refractivity (Wildman–Crippen MR) is 100 cm³/mol. The van der Waals surface area contributed by atoms with Gasteiger partial charge in [0.2, 0.25) is 0 Å². The van der Waals surface area contributed by atoms with E-state index in [1.165, 1.54) is 18.9 Å². The zero-order valence-corrected chi connectivity index (χ0v) is 16.6. The standard InChI is InChI=1S/C16H23ClNO4PS/c1-4-13-8-14(11-24-12(2)19)10-15(9-13)16(20)18-6-5-7-22-23(17)21-3/h8-10H,4-7,11H2,1-3H3,(H,18,20). The largest absolute Gasteiger partial charge is 0.352 e. The van der Waals surface area contributed by atoms with Gasteiger partial charge in [-0.25, -0.2) is 0 Å². The van der Waals surface area contributed by atoms with Crippen LogP contribution < -0.4 is 5.32 Å². The highest BCUT2D eigenvalue weighted by Gasteiger charge is 2.09. The maximum atomic E-state index is 12.3. The van der Waals surface area contributed by atoms with Gasteiger partial charge in [0, 0.05) is 31.9 Å². The van der Waals surface area contributed by atoms with Crippen molar-refractivity contribution in [1.82, 2.24) is 5.32 Å². The van der Waals surface area contributed by atoms with E-state index in [9.17, 15) is 9.59 Å². The van der Waals surface area contributed by atoms with E-state index in [0.717, 1.165) is 17.5 Å². The summed E-state index contributed by atoms with van der Waals surface area (Å²) in [6, 6.07) is 5.76. The normalized spacial score (nSPS) is 12.0. The van der Waals surface area contributed by atoms with Crippen LogP contribution in [0.4, 0.5) is 0 Å². The van der Waals surface area contributed by atoms with Crippen LogP contribution in [0.3, 0.4) is 0 Å². The van der Waals surface area contributed by atoms with E-state index in [1.54, 1.807) is 6.92 Å². The molecule has 0 aromatic heterocycles. The van der Waals surface area contributed by atoms with Crippen molar-refractivity contribution in [3.63, 3.8) is 0 Å². The van der Waals surface area contributed by atoms with Gasteiger partial charge in [0.15, 0.2) is 5.12 Å². The van der Waals surface area contributed by atoms with Crippen LogP contribution >= 0.6 is 30.7 Å². The molecule has 0 heterocycles. The zero-order chi connectivity index (χ0) is 17.9. The first-order chi connectivity index (χ1) is 11.5. The molecule has 1 N–H and O–H groups in total. The average molecular weight is 392 g/mol. The lowest BCUT2D eigenvalue weighted by molar-refractivity contribution is -0.109. The van der Waals surface area contributed by atoms with Gasteiger partial charge in [0.25, 0.3) is 13.6 Å². The van der Waals surface area contributed by atoms with Crippen molar-refractivity contribution < 1.29 is 18.6 Å². The van der Waals surface area contributed by atoms with Gasteiger partial charge in [-0.15, -0.1) is 0 Å². The molecule has 0 saturated carbocycles. The third-order valence-corrected chi connectivity index (χ3v) is 5.37. The van der Waals surface area contributed by atoms with Gasteiger partial charge in [-0.3, -0.25) is 9.59 Å². The lowest BCUT2D eigenvalue weighted by atomic mass is 10.0. The Hall–Kier alpha value is -0.650. The number of thioether (sulfide) groups is 1. The van der Waals surface area contributed by atoms with Crippen molar-refractivity contribution in [2.45, 2.75) is 32.4 Å². The first kappa shape index (κ1) is 21.4. The van der Waals surface area contributed by atoms with Crippen molar-refractivity contribution in [2.75, 3.05) is 20.3 Å². The summed E-state index contributed by atoms with van der Waals surface area (Å²) in [6.45, 7) is 4.51. The monoisotopic (exact) mass is 391 g/mol. The number of hydrogen-bond acceptors (Lipinski definition) is 5. The smallest absolute Gasteiger partial charge is 0.276 e. The Morgan fingerprint density at radius 3 is 2.62 bits per heavy atom. The number of rotatable bonds is 10. The molecule has 5 nitrogen and oxygen atoms in total.